The van der Waals surface area contributed by atoms with Crippen LogP contribution < -0.4 is 0 Å². The van der Waals surface area contributed by atoms with Crippen molar-refractivity contribution in [3.8, 4) is 0 Å². The van der Waals surface area contributed by atoms with Crippen LogP contribution in [0, 0.1) is 5.92 Å². The van der Waals surface area contributed by atoms with Crippen LogP contribution in [0.4, 0.5) is 0 Å². The van der Waals surface area contributed by atoms with Gasteiger partial charge in [0.25, 0.3) is 0 Å². The van der Waals surface area contributed by atoms with E-state index in [4.69, 9.17) is 9.47 Å². The number of esters is 1. The van der Waals surface area contributed by atoms with Gasteiger partial charge in [-0.2, -0.15) is 0 Å². The number of nitrogens with zero attached hydrogens (tertiary/aromatic N) is 1. The van der Waals surface area contributed by atoms with Crippen molar-refractivity contribution in [1.29, 1.82) is 0 Å². The summed E-state index contributed by atoms with van der Waals surface area (Å²) >= 11 is 0. The standard InChI is InChI=1S/C9H15NO3/c1-4-12-9(11)7-5-13-8(10-7)6(2)3/h6-7H,4-5H2,1-3H3. The second-order valence-electron chi connectivity index (χ2n) is 3.20. The molecule has 0 aliphatic carbocycles. The van der Waals surface area contributed by atoms with Crippen LogP contribution in [0.15, 0.2) is 4.99 Å². The van der Waals surface area contributed by atoms with E-state index in [1.807, 2.05) is 13.8 Å². The maximum absolute atomic E-state index is 11.2. The first-order valence-corrected chi connectivity index (χ1v) is 4.52. The first-order chi connectivity index (χ1) is 6.15. The number of hydrogen-bond acceptors (Lipinski definition) is 4. The minimum absolute atomic E-state index is 0.236. The van der Waals surface area contributed by atoms with E-state index in [1.54, 1.807) is 6.92 Å². The molecule has 0 aromatic carbocycles. The van der Waals surface area contributed by atoms with Crippen molar-refractivity contribution in [3.63, 3.8) is 0 Å². The lowest BCUT2D eigenvalue weighted by atomic mass is 10.2. The van der Waals surface area contributed by atoms with E-state index in [-0.39, 0.29) is 11.9 Å². The molecule has 1 unspecified atom stereocenters. The van der Waals surface area contributed by atoms with Gasteiger partial charge in [0.15, 0.2) is 11.9 Å². The van der Waals surface area contributed by atoms with Crippen LogP contribution >= 0.6 is 0 Å². The highest BCUT2D eigenvalue weighted by Gasteiger charge is 2.27. The Kier molecular flexibility index (Phi) is 3.28. The molecule has 1 aliphatic rings. The summed E-state index contributed by atoms with van der Waals surface area (Å²) in [5, 5.41) is 0. The Hall–Kier alpha value is -1.06. The van der Waals surface area contributed by atoms with Crippen molar-refractivity contribution >= 4 is 11.9 Å². The Morgan fingerprint density at radius 2 is 2.46 bits per heavy atom. The van der Waals surface area contributed by atoms with E-state index in [9.17, 15) is 4.79 Å². The average Bonchev–Trinajstić information content (AvgIpc) is 2.52. The van der Waals surface area contributed by atoms with Gasteiger partial charge in [-0.1, -0.05) is 13.8 Å². The zero-order valence-corrected chi connectivity index (χ0v) is 8.24. The maximum atomic E-state index is 11.2. The predicted molar refractivity (Wildman–Crippen MR) is 48.6 cm³/mol. The van der Waals surface area contributed by atoms with Crippen molar-refractivity contribution in [2.75, 3.05) is 13.2 Å². The maximum Gasteiger partial charge on any atom is 0.334 e. The van der Waals surface area contributed by atoms with Crippen LogP contribution in [0.5, 0.6) is 0 Å². The van der Waals surface area contributed by atoms with E-state index in [0.29, 0.717) is 19.1 Å². The fraction of sp³-hybridized carbons (Fsp3) is 0.778. The highest BCUT2D eigenvalue weighted by atomic mass is 16.5. The third-order valence-electron chi connectivity index (χ3n) is 1.72. The highest BCUT2D eigenvalue weighted by Crippen LogP contribution is 2.11. The number of carbonyl (C=O) groups is 1. The first-order valence-electron chi connectivity index (χ1n) is 4.52. The molecule has 0 aromatic rings. The van der Waals surface area contributed by atoms with Crippen LogP contribution in [0.25, 0.3) is 0 Å². The molecule has 1 rings (SSSR count). The number of carbonyl (C=O) groups excluding carboxylic acids is 1. The van der Waals surface area contributed by atoms with Crippen LogP contribution in [0.3, 0.4) is 0 Å². The summed E-state index contributed by atoms with van der Waals surface area (Å²) in [6.45, 7) is 6.45. The van der Waals surface area contributed by atoms with Gasteiger partial charge >= 0.3 is 5.97 Å². The molecule has 13 heavy (non-hydrogen) atoms. The minimum atomic E-state index is -0.447. The third-order valence-corrected chi connectivity index (χ3v) is 1.72. The van der Waals surface area contributed by atoms with E-state index >= 15 is 0 Å². The number of rotatable bonds is 3. The minimum Gasteiger partial charge on any atom is -0.478 e. The van der Waals surface area contributed by atoms with Crippen molar-refractivity contribution in [2.45, 2.75) is 26.8 Å². The summed E-state index contributed by atoms with van der Waals surface area (Å²) in [5.41, 5.74) is 0. The largest absolute Gasteiger partial charge is 0.478 e. The SMILES string of the molecule is CCOC(=O)C1COC(C(C)C)=N1. The van der Waals surface area contributed by atoms with E-state index in [1.165, 1.54) is 0 Å². The molecular formula is C9H15NO3. The molecule has 0 N–H and O–H groups in total. The van der Waals surface area contributed by atoms with Crippen LogP contribution in [0.1, 0.15) is 20.8 Å². The zero-order valence-electron chi connectivity index (χ0n) is 8.24. The molecule has 0 amide bonds. The number of ether oxygens (including phenoxy) is 2. The van der Waals surface area contributed by atoms with Crippen molar-refractivity contribution in [1.82, 2.24) is 0 Å². The lowest BCUT2D eigenvalue weighted by molar-refractivity contribution is -0.144. The summed E-state index contributed by atoms with van der Waals surface area (Å²) in [7, 11) is 0. The Morgan fingerprint density at radius 1 is 1.77 bits per heavy atom. The summed E-state index contributed by atoms with van der Waals surface area (Å²) in [6, 6.07) is -0.447. The van der Waals surface area contributed by atoms with Gasteiger partial charge in [-0.05, 0) is 6.92 Å². The molecule has 0 radical (unpaired) electrons. The van der Waals surface area contributed by atoms with Gasteiger partial charge in [0, 0.05) is 5.92 Å². The molecule has 4 heteroatoms. The fourth-order valence-electron chi connectivity index (χ4n) is 1.07. The summed E-state index contributed by atoms with van der Waals surface area (Å²) in [5.74, 6) is 0.593. The Labute approximate surface area is 77.9 Å². The van der Waals surface area contributed by atoms with Crippen molar-refractivity contribution in [2.24, 2.45) is 10.9 Å². The van der Waals surface area contributed by atoms with Gasteiger partial charge in [0.05, 0.1) is 6.61 Å². The Bertz CT molecular complexity index is 223. The molecule has 0 saturated heterocycles. The first kappa shape index (κ1) is 10.0. The number of hydrogen-bond donors (Lipinski definition) is 0. The molecule has 74 valence electrons. The van der Waals surface area contributed by atoms with Gasteiger partial charge in [-0.3, -0.25) is 0 Å². The lowest BCUT2D eigenvalue weighted by Crippen LogP contribution is -2.22. The second-order valence-corrected chi connectivity index (χ2v) is 3.20. The van der Waals surface area contributed by atoms with Crippen molar-refractivity contribution in [3.05, 3.63) is 0 Å². The average molecular weight is 185 g/mol. The topological polar surface area (TPSA) is 47.9 Å². The molecule has 1 atom stereocenters. The molecule has 1 heterocycles. The molecule has 0 spiro atoms. The molecule has 0 bridgehead atoms. The van der Waals surface area contributed by atoms with Gasteiger partial charge in [-0.15, -0.1) is 0 Å². The number of aliphatic imine (C=N–C) groups is 1. The predicted octanol–water partition coefficient (Wildman–Crippen LogP) is 1.00. The van der Waals surface area contributed by atoms with Crippen LogP contribution in [0.2, 0.25) is 0 Å². The smallest absolute Gasteiger partial charge is 0.334 e. The van der Waals surface area contributed by atoms with Gasteiger partial charge < -0.3 is 9.47 Å². The Morgan fingerprint density at radius 3 is 2.92 bits per heavy atom. The molecular weight excluding hydrogens is 170 g/mol. The molecule has 4 nitrogen and oxygen atoms in total. The Balaban J connectivity index is 2.52. The van der Waals surface area contributed by atoms with Gasteiger partial charge in [-0.25, -0.2) is 9.79 Å². The van der Waals surface area contributed by atoms with Crippen molar-refractivity contribution < 1.29 is 14.3 Å². The summed E-state index contributed by atoms with van der Waals surface area (Å²) in [4.78, 5) is 15.3. The van der Waals surface area contributed by atoms with Gasteiger partial charge in [0.1, 0.15) is 6.61 Å². The van der Waals surface area contributed by atoms with Crippen LogP contribution in [-0.2, 0) is 14.3 Å². The third kappa shape index (κ3) is 2.44. The molecule has 0 fully saturated rings. The molecule has 0 saturated carbocycles. The second kappa shape index (κ2) is 4.25. The quantitative estimate of drug-likeness (QED) is 0.616. The van der Waals surface area contributed by atoms with E-state index in [2.05, 4.69) is 4.99 Å². The monoisotopic (exact) mass is 185 g/mol. The molecule has 0 aromatic heterocycles. The summed E-state index contributed by atoms with van der Waals surface area (Å²) in [6.07, 6.45) is 0. The van der Waals surface area contributed by atoms with E-state index in [0.717, 1.165) is 0 Å². The van der Waals surface area contributed by atoms with Gasteiger partial charge in [0.2, 0.25) is 0 Å². The van der Waals surface area contributed by atoms with Crippen LogP contribution in [-0.4, -0.2) is 31.1 Å². The molecule has 1 aliphatic heterocycles. The highest BCUT2D eigenvalue weighted by molar-refractivity contribution is 5.86. The van der Waals surface area contributed by atoms with E-state index < -0.39 is 6.04 Å². The zero-order chi connectivity index (χ0) is 9.84. The lowest BCUT2D eigenvalue weighted by Gasteiger charge is -2.03. The summed E-state index contributed by atoms with van der Waals surface area (Å²) < 4.78 is 10.1. The fourth-order valence-corrected chi connectivity index (χ4v) is 1.07. The normalized spacial score (nSPS) is 21.2.